The third-order valence-electron chi connectivity index (χ3n) is 2.03. The molecule has 1 aromatic rings. The van der Waals surface area contributed by atoms with Crippen molar-refractivity contribution in [3.63, 3.8) is 0 Å². The van der Waals surface area contributed by atoms with Crippen molar-refractivity contribution in [2.24, 2.45) is 0 Å². The molecular weight excluding hydrogens is 295 g/mol. The number of hydrogen-bond acceptors (Lipinski definition) is 3. The van der Waals surface area contributed by atoms with Crippen LogP contribution in [0.25, 0.3) is 0 Å². The number of carbonyl (C=O) groups is 1. The summed E-state index contributed by atoms with van der Waals surface area (Å²) in [6.07, 6.45) is 0.791. The summed E-state index contributed by atoms with van der Waals surface area (Å²) in [4.78, 5) is 10.9. The van der Waals surface area contributed by atoms with E-state index < -0.39 is 0 Å². The summed E-state index contributed by atoms with van der Waals surface area (Å²) < 4.78 is 11.2. The summed E-state index contributed by atoms with van der Waals surface area (Å²) >= 11 is 2.16. The van der Waals surface area contributed by atoms with Crippen LogP contribution in [0.1, 0.15) is 15.9 Å². The standard InChI is InChI=1S/C10H11IO3/c1-6-7(5-12)10(14-3)9(13-2)4-8(6)11/h4-5H,1-3H3. The van der Waals surface area contributed by atoms with Crippen LogP contribution in [0.5, 0.6) is 11.5 Å². The van der Waals surface area contributed by atoms with Crippen molar-refractivity contribution < 1.29 is 14.3 Å². The second-order valence-electron chi connectivity index (χ2n) is 2.75. The average Bonchev–Trinajstić information content (AvgIpc) is 2.20. The van der Waals surface area contributed by atoms with E-state index in [0.717, 1.165) is 15.4 Å². The molecule has 0 spiro atoms. The van der Waals surface area contributed by atoms with Gasteiger partial charge in [-0.15, -0.1) is 0 Å². The first-order valence-corrected chi connectivity index (χ1v) is 5.09. The lowest BCUT2D eigenvalue weighted by Gasteiger charge is -2.12. The van der Waals surface area contributed by atoms with Gasteiger partial charge in [0.1, 0.15) is 0 Å². The number of carbonyl (C=O) groups excluding carboxylic acids is 1. The summed E-state index contributed by atoms with van der Waals surface area (Å²) in [6.45, 7) is 1.88. The molecule has 0 aliphatic carbocycles. The second-order valence-corrected chi connectivity index (χ2v) is 3.91. The van der Waals surface area contributed by atoms with Crippen molar-refractivity contribution in [2.45, 2.75) is 6.92 Å². The number of benzene rings is 1. The van der Waals surface area contributed by atoms with Gasteiger partial charge < -0.3 is 9.47 Å². The Kier molecular flexibility index (Phi) is 3.74. The molecule has 0 fully saturated rings. The van der Waals surface area contributed by atoms with Crippen LogP contribution >= 0.6 is 22.6 Å². The monoisotopic (exact) mass is 306 g/mol. The van der Waals surface area contributed by atoms with E-state index in [1.165, 1.54) is 7.11 Å². The summed E-state index contributed by atoms with van der Waals surface area (Å²) in [5.41, 5.74) is 1.47. The minimum absolute atomic E-state index is 0.500. The smallest absolute Gasteiger partial charge is 0.171 e. The molecule has 0 saturated carbocycles. The maximum atomic E-state index is 10.9. The van der Waals surface area contributed by atoms with Crippen molar-refractivity contribution in [1.29, 1.82) is 0 Å². The average molecular weight is 306 g/mol. The van der Waals surface area contributed by atoms with Crippen LogP contribution in [0, 0.1) is 10.5 Å². The third kappa shape index (κ3) is 1.84. The number of rotatable bonds is 3. The molecule has 0 saturated heterocycles. The molecule has 0 amide bonds. The number of methoxy groups -OCH3 is 2. The van der Waals surface area contributed by atoms with Crippen molar-refractivity contribution in [1.82, 2.24) is 0 Å². The zero-order valence-corrected chi connectivity index (χ0v) is 10.4. The lowest BCUT2D eigenvalue weighted by molar-refractivity contribution is 0.111. The van der Waals surface area contributed by atoms with Crippen molar-refractivity contribution in [3.8, 4) is 11.5 Å². The van der Waals surface area contributed by atoms with E-state index in [4.69, 9.17) is 9.47 Å². The van der Waals surface area contributed by atoms with Crippen LogP contribution in [0.3, 0.4) is 0 Å². The Labute approximate surface area is 96.5 Å². The Hall–Kier alpha value is -0.780. The van der Waals surface area contributed by atoms with Gasteiger partial charge in [0.15, 0.2) is 17.8 Å². The molecule has 1 aromatic carbocycles. The Balaban J connectivity index is 3.49. The first-order valence-electron chi connectivity index (χ1n) is 4.02. The van der Waals surface area contributed by atoms with Crippen LogP contribution in [0.2, 0.25) is 0 Å². The highest BCUT2D eigenvalue weighted by molar-refractivity contribution is 14.1. The predicted octanol–water partition coefficient (Wildman–Crippen LogP) is 2.43. The quantitative estimate of drug-likeness (QED) is 0.635. The third-order valence-corrected chi connectivity index (χ3v) is 3.15. The molecule has 0 unspecified atom stereocenters. The highest BCUT2D eigenvalue weighted by Gasteiger charge is 2.14. The van der Waals surface area contributed by atoms with Crippen LogP contribution < -0.4 is 9.47 Å². The molecule has 0 N–H and O–H groups in total. The largest absolute Gasteiger partial charge is 0.493 e. The zero-order chi connectivity index (χ0) is 10.7. The molecular formula is C10H11IO3. The first-order chi connectivity index (χ1) is 6.65. The Morgan fingerprint density at radius 2 is 2.00 bits per heavy atom. The van der Waals surface area contributed by atoms with E-state index >= 15 is 0 Å². The Morgan fingerprint density at radius 3 is 2.43 bits per heavy atom. The van der Waals surface area contributed by atoms with Gasteiger partial charge in [0, 0.05) is 3.57 Å². The zero-order valence-electron chi connectivity index (χ0n) is 8.26. The maximum absolute atomic E-state index is 10.9. The van der Waals surface area contributed by atoms with Crippen LogP contribution in [-0.2, 0) is 0 Å². The van der Waals surface area contributed by atoms with Crippen LogP contribution in [-0.4, -0.2) is 20.5 Å². The van der Waals surface area contributed by atoms with Gasteiger partial charge >= 0.3 is 0 Å². The molecule has 0 heterocycles. The molecule has 76 valence electrons. The van der Waals surface area contributed by atoms with Gasteiger partial charge in [-0.05, 0) is 41.1 Å². The number of ether oxygens (including phenoxy) is 2. The van der Waals surface area contributed by atoms with Gasteiger partial charge in [-0.2, -0.15) is 0 Å². The van der Waals surface area contributed by atoms with Gasteiger partial charge in [-0.1, -0.05) is 0 Å². The van der Waals surface area contributed by atoms with Gasteiger partial charge in [0.2, 0.25) is 0 Å². The van der Waals surface area contributed by atoms with E-state index in [0.29, 0.717) is 17.1 Å². The maximum Gasteiger partial charge on any atom is 0.171 e. The fraction of sp³-hybridized carbons (Fsp3) is 0.300. The predicted molar refractivity (Wildman–Crippen MR) is 62.4 cm³/mol. The lowest BCUT2D eigenvalue weighted by atomic mass is 10.1. The summed E-state index contributed by atoms with van der Waals surface area (Å²) in [6, 6.07) is 1.85. The minimum atomic E-state index is 0.500. The van der Waals surface area contributed by atoms with Gasteiger partial charge in [0.05, 0.1) is 19.8 Å². The Morgan fingerprint density at radius 1 is 1.36 bits per heavy atom. The van der Waals surface area contributed by atoms with Gasteiger partial charge in [0.25, 0.3) is 0 Å². The highest BCUT2D eigenvalue weighted by atomic mass is 127. The van der Waals surface area contributed by atoms with Crippen molar-refractivity contribution in [3.05, 3.63) is 20.8 Å². The molecule has 0 aliphatic rings. The van der Waals surface area contributed by atoms with E-state index in [2.05, 4.69) is 22.6 Å². The van der Waals surface area contributed by atoms with E-state index in [1.54, 1.807) is 7.11 Å². The molecule has 0 atom stereocenters. The SMILES string of the molecule is COc1cc(I)c(C)c(C=O)c1OC. The van der Waals surface area contributed by atoms with E-state index in [9.17, 15) is 4.79 Å². The molecule has 0 aromatic heterocycles. The number of hydrogen-bond donors (Lipinski definition) is 0. The fourth-order valence-electron chi connectivity index (χ4n) is 1.22. The number of halogens is 1. The van der Waals surface area contributed by atoms with Crippen LogP contribution in [0.4, 0.5) is 0 Å². The summed E-state index contributed by atoms with van der Waals surface area (Å²) in [5, 5.41) is 0. The van der Waals surface area contributed by atoms with Crippen molar-refractivity contribution >= 4 is 28.9 Å². The van der Waals surface area contributed by atoms with E-state index in [-0.39, 0.29) is 0 Å². The topological polar surface area (TPSA) is 35.5 Å². The Bertz CT molecular complexity index is 361. The molecule has 4 heteroatoms. The first kappa shape index (κ1) is 11.3. The molecule has 3 nitrogen and oxygen atoms in total. The molecule has 14 heavy (non-hydrogen) atoms. The molecule has 0 radical (unpaired) electrons. The fourth-order valence-corrected chi connectivity index (χ4v) is 1.80. The summed E-state index contributed by atoms with van der Waals surface area (Å²) in [7, 11) is 3.08. The molecule has 0 aliphatic heterocycles. The second kappa shape index (κ2) is 4.63. The minimum Gasteiger partial charge on any atom is -0.493 e. The molecule has 0 bridgehead atoms. The van der Waals surface area contributed by atoms with E-state index in [1.807, 2.05) is 13.0 Å². The normalized spacial score (nSPS) is 9.71. The van der Waals surface area contributed by atoms with Crippen molar-refractivity contribution in [2.75, 3.05) is 14.2 Å². The highest BCUT2D eigenvalue weighted by Crippen LogP contribution is 2.34. The van der Waals surface area contributed by atoms with Gasteiger partial charge in [-0.25, -0.2) is 0 Å². The van der Waals surface area contributed by atoms with Crippen LogP contribution in [0.15, 0.2) is 6.07 Å². The number of aldehydes is 1. The molecule has 1 rings (SSSR count). The summed E-state index contributed by atoms with van der Waals surface area (Å²) in [5.74, 6) is 1.09. The van der Waals surface area contributed by atoms with Gasteiger partial charge in [-0.3, -0.25) is 4.79 Å². The lowest BCUT2D eigenvalue weighted by Crippen LogP contribution is -1.99.